The van der Waals surface area contributed by atoms with Crippen molar-refractivity contribution >= 4 is 29.4 Å². The lowest BCUT2D eigenvalue weighted by molar-refractivity contribution is -0.141. The number of carbonyl (C=O) groups is 2. The highest BCUT2D eigenvalue weighted by atomic mass is 32.2. The molecule has 0 aliphatic carbocycles. The number of hydrogen-bond donors (Lipinski definition) is 2. The number of carboxylic acid groups (broad SMARTS) is 1. The summed E-state index contributed by atoms with van der Waals surface area (Å²) in [6, 6.07) is 4.10. The fraction of sp³-hybridized carbons (Fsp3) is 0.429. The molecule has 1 heterocycles. The van der Waals surface area contributed by atoms with Crippen molar-refractivity contribution in [1.82, 2.24) is 4.90 Å². The molecule has 1 aliphatic rings. The number of hydrogen-bond acceptors (Lipinski definition) is 4. The maximum Gasteiger partial charge on any atom is 0.327 e. The van der Waals surface area contributed by atoms with Gasteiger partial charge in [-0.05, 0) is 37.6 Å². The molecular weight excluding hydrogens is 292 g/mol. The van der Waals surface area contributed by atoms with Gasteiger partial charge in [0.1, 0.15) is 11.8 Å². The number of carboxylic acids is 1. The number of ether oxygens (including phenoxy) is 1. The molecule has 7 heteroatoms. The first kappa shape index (κ1) is 15.5. The molecule has 1 saturated heterocycles. The number of aryl methyl sites for hydroxylation is 1. The van der Waals surface area contributed by atoms with E-state index in [2.05, 4.69) is 5.32 Å². The van der Waals surface area contributed by atoms with Crippen molar-refractivity contribution in [3.8, 4) is 5.75 Å². The van der Waals surface area contributed by atoms with Crippen molar-refractivity contribution in [3.63, 3.8) is 0 Å². The first-order valence-corrected chi connectivity index (χ1v) is 7.57. The Kier molecular flexibility index (Phi) is 4.62. The van der Waals surface area contributed by atoms with Gasteiger partial charge in [0.05, 0.1) is 12.5 Å². The summed E-state index contributed by atoms with van der Waals surface area (Å²) in [6.45, 7) is 3.70. The van der Waals surface area contributed by atoms with Crippen LogP contribution in [0.3, 0.4) is 0 Å². The van der Waals surface area contributed by atoms with Gasteiger partial charge in [-0.2, -0.15) is 0 Å². The molecule has 2 amide bonds. The standard InChI is InChI=1S/C14H18N2O4S/c1-8-6-10(4-5-12(8)20-3)15-14(19)16-9(2)21-7-11(16)13(17)18/h4-6,9,11H,7H2,1-3H3,(H,15,19)(H,17,18). The zero-order valence-corrected chi connectivity index (χ0v) is 12.9. The molecule has 0 aromatic heterocycles. The van der Waals surface area contributed by atoms with Gasteiger partial charge >= 0.3 is 12.0 Å². The van der Waals surface area contributed by atoms with E-state index in [1.807, 2.05) is 13.8 Å². The average Bonchev–Trinajstić information content (AvgIpc) is 2.81. The quantitative estimate of drug-likeness (QED) is 0.896. The summed E-state index contributed by atoms with van der Waals surface area (Å²) in [6.07, 6.45) is 0. The van der Waals surface area contributed by atoms with E-state index in [-0.39, 0.29) is 5.37 Å². The SMILES string of the molecule is COc1ccc(NC(=O)N2C(C)SCC2C(=O)O)cc1C. The third-order valence-electron chi connectivity index (χ3n) is 3.39. The number of rotatable bonds is 3. The number of nitrogens with one attached hydrogen (secondary N) is 1. The summed E-state index contributed by atoms with van der Waals surface area (Å²) < 4.78 is 5.17. The van der Waals surface area contributed by atoms with Crippen LogP contribution in [0.5, 0.6) is 5.75 Å². The molecule has 1 aliphatic heterocycles. The number of amides is 2. The molecule has 0 spiro atoms. The molecule has 21 heavy (non-hydrogen) atoms. The lowest BCUT2D eigenvalue weighted by Crippen LogP contribution is -2.46. The van der Waals surface area contributed by atoms with Crippen LogP contribution in [-0.4, -0.2) is 46.3 Å². The van der Waals surface area contributed by atoms with Crippen LogP contribution < -0.4 is 10.1 Å². The van der Waals surface area contributed by atoms with Crippen LogP contribution in [0.1, 0.15) is 12.5 Å². The van der Waals surface area contributed by atoms with Crippen LogP contribution in [0.4, 0.5) is 10.5 Å². The van der Waals surface area contributed by atoms with Crippen LogP contribution in [0.2, 0.25) is 0 Å². The van der Waals surface area contributed by atoms with Gasteiger partial charge in [-0.1, -0.05) is 0 Å². The number of nitrogens with zero attached hydrogens (tertiary/aromatic N) is 1. The maximum atomic E-state index is 12.3. The second kappa shape index (κ2) is 6.26. The second-order valence-electron chi connectivity index (χ2n) is 4.81. The summed E-state index contributed by atoms with van der Waals surface area (Å²) in [5.41, 5.74) is 1.51. The Bertz CT molecular complexity index is 564. The first-order chi connectivity index (χ1) is 9.93. The van der Waals surface area contributed by atoms with E-state index in [0.717, 1.165) is 11.3 Å². The van der Waals surface area contributed by atoms with Crippen LogP contribution >= 0.6 is 11.8 Å². The van der Waals surface area contributed by atoms with Gasteiger partial charge in [0.2, 0.25) is 0 Å². The summed E-state index contributed by atoms with van der Waals surface area (Å²) in [4.78, 5) is 24.9. The first-order valence-electron chi connectivity index (χ1n) is 6.52. The average molecular weight is 310 g/mol. The molecule has 2 unspecified atom stereocenters. The molecule has 2 atom stereocenters. The summed E-state index contributed by atoms with van der Waals surface area (Å²) in [5.74, 6) is 0.167. The van der Waals surface area contributed by atoms with E-state index in [0.29, 0.717) is 11.4 Å². The molecule has 0 saturated carbocycles. The lowest BCUT2D eigenvalue weighted by Gasteiger charge is -2.25. The van der Waals surface area contributed by atoms with Gasteiger partial charge in [0, 0.05) is 11.4 Å². The maximum absolute atomic E-state index is 12.3. The monoisotopic (exact) mass is 310 g/mol. The normalized spacial score (nSPS) is 21.2. The Morgan fingerprint density at radius 1 is 1.48 bits per heavy atom. The number of thioether (sulfide) groups is 1. The van der Waals surface area contributed by atoms with E-state index in [1.165, 1.54) is 16.7 Å². The van der Waals surface area contributed by atoms with Crippen LogP contribution in [0.15, 0.2) is 18.2 Å². The minimum atomic E-state index is -0.979. The molecule has 1 fully saturated rings. The molecule has 1 aromatic rings. The smallest absolute Gasteiger partial charge is 0.327 e. The van der Waals surface area contributed by atoms with E-state index < -0.39 is 18.0 Å². The van der Waals surface area contributed by atoms with Crippen LogP contribution in [0, 0.1) is 6.92 Å². The highest BCUT2D eigenvalue weighted by Gasteiger charge is 2.39. The number of anilines is 1. The van der Waals surface area contributed by atoms with Gasteiger partial charge < -0.3 is 15.2 Å². The number of carbonyl (C=O) groups excluding carboxylic acids is 1. The Balaban J connectivity index is 2.13. The lowest BCUT2D eigenvalue weighted by atomic mass is 10.2. The predicted molar refractivity (Wildman–Crippen MR) is 81.9 cm³/mol. The minimum absolute atomic E-state index is 0.162. The molecule has 2 rings (SSSR count). The Hall–Kier alpha value is -1.89. The summed E-state index contributed by atoms with van der Waals surface area (Å²) in [7, 11) is 1.58. The molecule has 0 bridgehead atoms. The van der Waals surface area contributed by atoms with Crippen molar-refractivity contribution < 1.29 is 19.4 Å². The number of methoxy groups -OCH3 is 1. The minimum Gasteiger partial charge on any atom is -0.496 e. The van der Waals surface area contributed by atoms with Gasteiger partial charge in [-0.25, -0.2) is 9.59 Å². The zero-order chi connectivity index (χ0) is 15.6. The van der Waals surface area contributed by atoms with Crippen molar-refractivity contribution in [2.75, 3.05) is 18.2 Å². The molecule has 6 nitrogen and oxygen atoms in total. The van der Waals surface area contributed by atoms with Crippen LogP contribution in [-0.2, 0) is 4.79 Å². The zero-order valence-electron chi connectivity index (χ0n) is 12.1. The van der Waals surface area contributed by atoms with E-state index in [1.54, 1.807) is 25.3 Å². The topological polar surface area (TPSA) is 78.9 Å². The Morgan fingerprint density at radius 3 is 2.76 bits per heavy atom. The van der Waals surface area contributed by atoms with E-state index >= 15 is 0 Å². The molecule has 0 radical (unpaired) electrons. The van der Waals surface area contributed by atoms with Gasteiger partial charge in [0.25, 0.3) is 0 Å². The molecular formula is C14H18N2O4S. The van der Waals surface area contributed by atoms with Crippen LogP contribution in [0.25, 0.3) is 0 Å². The van der Waals surface area contributed by atoms with Gasteiger partial charge in [-0.15, -0.1) is 11.8 Å². The highest BCUT2D eigenvalue weighted by molar-refractivity contribution is 8.00. The highest BCUT2D eigenvalue weighted by Crippen LogP contribution is 2.30. The molecule has 2 N–H and O–H groups in total. The second-order valence-corrected chi connectivity index (χ2v) is 6.16. The fourth-order valence-electron chi connectivity index (χ4n) is 2.29. The summed E-state index contributed by atoms with van der Waals surface area (Å²) >= 11 is 1.45. The van der Waals surface area contributed by atoms with Crippen molar-refractivity contribution in [3.05, 3.63) is 23.8 Å². The fourth-order valence-corrected chi connectivity index (χ4v) is 3.45. The largest absolute Gasteiger partial charge is 0.496 e. The predicted octanol–water partition coefficient (Wildman–Crippen LogP) is 2.38. The molecule has 114 valence electrons. The third-order valence-corrected chi connectivity index (χ3v) is 4.61. The molecule has 1 aromatic carbocycles. The van der Waals surface area contributed by atoms with Crippen molar-refractivity contribution in [2.45, 2.75) is 25.3 Å². The Morgan fingerprint density at radius 2 is 2.19 bits per heavy atom. The van der Waals surface area contributed by atoms with E-state index in [4.69, 9.17) is 4.74 Å². The van der Waals surface area contributed by atoms with Gasteiger partial charge in [0.15, 0.2) is 0 Å². The van der Waals surface area contributed by atoms with Crippen molar-refractivity contribution in [2.24, 2.45) is 0 Å². The van der Waals surface area contributed by atoms with Gasteiger partial charge in [-0.3, -0.25) is 4.90 Å². The number of benzene rings is 1. The number of urea groups is 1. The van der Waals surface area contributed by atoms with Crippen molar-refractivity contribution in [1.29, 1.82) is 0 Å². The Labute approximate surface area is 127 Å². The van der Waals surface area contributed by atoms with E-state index in [9.17, 15) is 14.7 Å². The number of aliphatic carboxylic acids is 1. The third kappa shape index (κ3) is 3.24. The summed E-state index contributed by atoms with van der Waals surface area (Å²) in [5, 5.41) is 11.8.